The summed E-state index contributed by atoms with van der Waals surface area (Å²) in [7, 11) is 0. The largest absolute Gasteiger partial charge is 0.494 e. The smallest absolute Gasteiger partial charge is 0.119 e. The van der Waals surface area contributed by atoms with Gasteiger partial charge in [-0.15, -0.1) is 0 Å². The Balaban J connectivity index is 2.62. The molecule has 1 aromatic carbocycles. The van der Waals surface area contributed by atoms with Gasteiger partial charge in [-0.3, -0.25) is 4.39 Å². The van der Waals surface area contributed by atoms with Gasteiger partial charge in [0.15, 0.2) is 0 Å². The molecule has 0 radical (unpaired) electrons. The van der Waals surface area contributed by atoms with E-state index < -0.39 is 0 Å². The van der Waals surface area contributed by atoms with Crippen molar-refractivity contribution >= 4 is 0 Å². The molecule has 0 aliphatic rings. The first-order valence-electron chi connectivity index (χ1n) is 4.82. The zero-order valence-corrected chi connectivity index (χ0v) is 8.37. The summed E-state index contributed by atoms with van der Waals surface area (Å²) in [5.74, 6) is 0.823. The van der Waals surface area contributed by atoms with Crippen molar-refractivity contribution in [1.29, 1.82) is 0 Å². The van der Waals surface area contributed by atoms with Crippen LogP contribution in [-0.4, -0.2) is 13.3 Å². The molecule has 0 aliphatic carbocycles. The van der Waals surface area contributed by atoms with Crippen molar-refractivity contribution in [1.82, 2.24) is 0 Å². The molecular weight excluding hydrogens is 181 g/mol. The summed E-state index contributed by atoms with van der Waals surface area (Å²) in [4.78, 5) is 0. The van der Waals surface area contributed by atoms with E-state index in [0.29, 0.717) is 13.0 Å². The van der Waals surface area contributed by atoms with Crippen LogP contribution in [0.25, 0.3) is 0 Å². The summed E-state index contributed by atoms with van der Waals surface area (Å²) in [5.41, 5.74) is 6.70. The highest BCUT2D eigenvalue weighted by atomic mass is 19.1. The van der Waals surface area contributed by atoms with Gasteiger partial charge in [0.1, 0.15) is 5.75 Å². The number of alkyl halides is 1. The molecule has 0 spiro atoms. The number of rotatable bonds is 5. The highest BCUT2D eigenvalue weighted by molar-refractivity contribution is 5.28. The molecule has 14 heavy (non-hydrogen) atoms. The summed E-state index contributed by atoms with van der Waals surface area (Å²) < 4.78 is 17.3. The fourth-order valence-corrected chi connectivity index (χ4v) is 1.26. The lowest BCUT2D eigenvalue weighted by molar-refractivity contribution is 0.340. The van der Waals surface area contributed by atoms with Gasteiger partial charge in [0, 0.05) is 6.04 Å². The summed E-state index contributed by atoms with van der Waals surface area (Å²) in [5, 5.41) is 0. The molecule has 3 heteroatoms. The van der Waals surface area contributed by atoms with E-state index in [2.05, 4.69) is 0 Å². The first kappa shape index (κ1) is 11.0. The maximum atomic E-state index is 12.0. The monoisotopic (exact) mass is 197 g/mol. The van der Waals surface area contributed by atoms with Crippen molar-refractivity contribution in [2.45, 2.75) is 19.4 Å². The van der Waals surface area contributed by atoms with E-state index in [4.69, 9.17) is 10.5 Å². The van der Waals surface area contributed by atoms with Gasteiger partial charge in [-0.1, -0.05) is 12.1 Å². The van der Waals surface area contributed by atoms with Crippen LogP contribution < -0.4 is 10.5 Å². The van der Waals surface area contributed by atoms with E-state index >= 15 is 0 Å². The van der Waals surface area contributed by atoms with Crippen LogP contribution in [0.4, 0.5) is 4.39 Å². The highest BCUT2D eigenvalue weighted by Crippen LogP contribution is 2.18. The van der Waals surface area contributed by atoms with Gasteiger partial charge in [-0.05, 0) is 31.0 Å². The second-order valence-corrected chi connectivity index (χ2v) is 3.09. The van der Waals surface area contributed by atoms with Crippen LogP contribution in [0.1, 0.15) is 24.9 Å². The lowest BCUT2D eigenvalue weighted by atomic mass is 10.1. The SMILES string of the molecule is CCOc1ccc([C@@H](N)CCF)cc1. The first-order chi connectivity index (χ1) is 6.77. The molecule has 0 fully saturated rings. The Kier molecular flexibility index (Phi) is 4.40. The van der Waals surface area contributed by atoms with Crippen LogP contribution >= 0.6 is 0 Å². The molecule has 0 bridgehead atoms. The van der Waals surface area contributed by atoms with Crippen molar-refractivity contribution in [3.63, 3.8) is 0 Å². The normalized spacial score (nSPS) is 12.5. The van der Waals surface area contributed by atoms with Crippen molar-refractivity contribution < 1.29 is 9.13 Å². The number of nitrogens with two attached hydrogens (primary N) is 1. The van der Waals surface area contributed by atoms with Crippen LogP contribution in [0.3, 0.4) is 0 Å². The Morgan fingerprint density at radius 1 is 1.36 bits per heavy atom. The quantitative estimate of drug-likeness (QED) is 0.786. The third kappa shape index (κ3) is 3.00. The molecule has 0 amide bonds. The predicted molar refractivity (Wildman–Crippen MR) is 55.1 cm³/mol. The Labute approximate surface area is 83.9 Å². The minimum Gasteiger partial charge on any atom is -0.494 e. The van der Waals surface area contributed by atoms with Crippen LogP contribution in [0.2, 0.25) is 0 Å². The van der Waals surface area contributed by atoms with E-state index in [1.165, 1.54) is 0 Å². The molecule has 0 saturated heterocycles. The zero-order chi connectivity index (χ0) is 10.4. The second kappa shape index (κ2) is 5.60. The first-order valence-corrected chi connectivity index (χ1v) is 4.82. The van der Waals surface area contributed by atoms with Crippen LogP contribution in [-0.2, 0) is 0 Å². The summed E-state index contributed by atoms with van der Waals surface area (Å²) in [6.45, 7) is 2.20. The van der Waals surface area contributed by atoms with Crippen molar-refractivity contribution in [3.05, 3.63) is 29.8 Å². The predicted octanol–water partition coefficient (Wildman–Crippen LogP) is 2.44. The topological polar surface area (TPSA) is 35.2 Å². The lowest BCUT2D eigenvalue weighted by Crippen LogP contribution is -2.10. The van der Waals surface area contributed by atoms with E-state index in [1.807, 2.05) is 31.2 Å². The zero-order valence-electron chi connectivity index (χ0n) is 8.37. The molecule has 1 atom stereocenters. The van der Waals surface area contributed by atoms with Gasteiger partial charge in [0.25, 0.3) is 0 Å². The van der Waals surface area contributed by atoms with Crippen molar-refractivity contribution in [2.24, 2.45) is 5.73 Å². The summed E-state index contributed by atoms with van der Waals surface area (Å²) in [6.07, 6.45) is 0.369. The second-order valence-electron chi connectivity index (χ2n) is 3.09. The molecule has 0 saturated carbocycles. The Bertz CT molecular complexity index is 260. The molecular formula is C11H16FNO. The van der Waals surface area contributed by atoms with Gasteiger partial charge in [0.05, 0.1) is 13.3 Å². The molecule has 1 rings (SSSR count). The fourth-order valence-electron chi connectivity index (χ4n) is 1.26. The average molecular weight is 197 g/mol. The third-order valence-corrected chi connectivity index (χ3v) is 2.04. The number of hydrogen-bond acceptors (Lipinski definition) is 2. The summed E-state index contributed by atoms with van der Waals surface area (Å²) >= 11 is 0. The average Bonchev–Trinajstić information content (AvgIpc) is 2.20. The highest BCUT2D eigenvalue weighted by Gasteiger charge is 2.04. The molecule has 1 aromatic rings. The molecule has 0 aliphatic heterocycles. The molecule has 2 nitrogen and oxygen atoms in total. The van der Waals surface area contributed by atoms with E-state index in [0.717, 1.165) is 11.3 Å². The van der Waals surface area contributed by atoms with Crippen LogP contribution in [0.5, 0.6) is 5.75 Å². The number of benzene rings is 1. The lowest BCUT2D eigenvalue weighted by Gasteiger charge is -2.10. The Hall–Kier alpha value is -1.09. The fraction of sp³-hybridized carbons (Fsp3) is 0.455. The molecule has 0 unspecified atom stereocenters. The summed E-state index contributed by atoms with van der Waals surface area (Å²) in [6, 6.07) is 7.26. The third-order valence-electron chi connectivity index (χ3n) is 2.04. The number of ether oxygens (including phenoxy) is 1. The van der Waals surface area contributed by atoms with Gasteiger partial charge in [-0.2, -0.15) is 0 Å². The van der Waals surface area contributed by atoms with Gasteiger partial charge < -0.3 is 10.5 Å². The van der Waals surface area contributed by atoms with Gasteiger partial charge in [0.2, 0.25) is 0 Å². The van der Waals surface area contributed by atoms with E-state index in [9.17, 15) is 4.39 Å². The van der Waals surface area contributed by atoms with E-state index in [-0.39, 0.29) is 12.7 Å². The standard InChI is InChI=1S/C11H16FNO/c1-2-14-10-5-3-9(4-6-10)11(13)7-8-12/h3-6,11H,2,7-8,13H2,1H3/t11-/m0/s1. The van der Waals surface area contributed by atoms with Crippen LogP contribution in [0.15, 0.2) is 24.3 Å². The Morgan fingerprint density at radius 2 is 2.00 bits per heavy atom. The molecule has 0 aromatic heterocycles. The van der Waals surface area contributed by atoms with E-state index in [1.54, 1.807) is 0 Å². The molecule has 78 valence electrons. The van der Waals surface area contributed by atoms with Gasteiger partial charge in [-0.25, -0.2) is 0 Å². The maximum Gasteiger partial charge on any atom is 0.119 e. The maximum absolute atomic E-state index is 12.0. The van der Waals surface area contributed by atoms with Crippen molar-refractivity contribution in [3.8, 4) is 5.75 Å². The minimum atomic E-state index is -0.381. The number of hydrogen-bond donors (Lipinski definition) is 1. The van der Waals surface area contributed by atoms with Crippen LogP contribution in [0, 0.1) is 0 Å². The van der Waals surface area contributed by atoms with Crippen molar-refractivity contribution in [2.75, 3.05) is 13.3 Å². The minimum absolute atomic E-state index is 0.212. The Morgan fingerprint density at radius 3 is 2.50 bits per heavy atom. The molecule has 2 N–H and O–H groups in total. The molecule has 0 heterocycles. The van der Waals surface area contributed by atoms with Gasteiger partial charge >= 0.3 is 0 Å². The number of halogens is 1.